The third kappa shape index (κ3) is 2.21. The first-order valence-corrected chi connectivity index (χ1v) is 2.34. The van der Waals surface area contributed by atoms with Crippen molar-refractivity contribution in [3.05, 3.63) is 0 Å². The van der Waals surface area contributed by atoms with Crippen LogP contribution in [0.4, 0.5) is 0 Å². The van der Waals surface area contributed by atoms with Crippen molar-refractivity contribution in [2.24, 2.45) is 0 Å². The van der Waals surface area contributed by atoms with Crippen LogP contribution in [0.5, 0.6) is 0 Å². The van der Waals surface area contributed by atoms with Gasteiger partial charge >= 0.3 is 0 Å². The molecule has 0 aromatic carbocycles. The van der Waals surface area contributed by atoms with E-state index >= 15 is 0 Å². The van der Waals surface area contributed by atoms with E-state index < -0.39 is 0 Å². The quantitative estimate of drug-likeness (QED) is 0.496. The second-order valence-corrected chi connectivity index (χ2v) is 1.45. The minimum Gasteiger partial charge on any atom is -0.382 e. The zero-order valence-corrected chi connectivity index (χ0v) is 4.69. The van der Waals surface area contributed by atoms with Crippen LogP contribution in [-0.2, 0) is 4.74 Å². The summed E-state index contributed by atoms with van der Waals surface area (Å²) in [6.45, 7) is 4.16. The van der Waals surface area contributed by atoms with Gasteiger partial charge in [-0.1, -0.05) is 6.92 Å². The molecule has 0 heterocycles. The molecule has 0 aliphatic carbocycles. The van der Waals surface area contributed by atoms with E-state index in [0.29, 0.717) is 6.10 Å². The molecule has 0 amide bonds. The highest BCUT2D eigenvalue weighted by atomic mass is 16.5. The Hall–Kier alpha value is -0.0400. The molecule has 1 heteroatoms. The molecule has 38 valence electrons. The lowest BCUT2D eigenvalue weighted by Crippen LogP contribution is -2.00. The number of hydrogen-bond acceptors (Lipinski definition) is 1. The molecule has 0 aliphatic heterocycles. The molecule has 1 atom stereocenters. The van der Waals surface area contributed by atoms with Gasteiger partial charge in [-0.25, -0.2) is 0 Å². The summed E-state index contributed by atoms with van der Waals surface area (Å²) < 4.78 is 4.90. The zero-order chi connectivity index (χ0) is 4.99. The molecule has 0 N–H and O–H groups in total. The second kappa shape index (κ2) is 3.16. The van der Waals surface area contributed by atoms with Crippen LogP contribution in [0.3, 0.4) is 0 Å². The van der Waals surface area contributed by atoms with E-state index in [1.54, 1.807) is 7.11 Å². The lowest BCUT2D eigenvalue weighted by Gasteiger charge is -2.01. The van der Waals surface area contributed by atoms with E-state index in [1.807, 2.05) is 0 Å². The summed E-state index contributed by atoms with van der Waals surface area (Å²) >= 11 is 0. The van der Waals surface area contributed by atoms with Crippen LogP contribution in [0.25, 0.3) is 0 Å². The van der Waals surface area contributed by atoms with Crippen molar-refractivity contribution in [1.82, 2.24) is 0 Å². The predicted molar refractivity (Wildman–Crippen MR) is 26.8 cm³/mol. The van der Waals surface area contributed by atoms with E-state index in [9.17, 15) is 0 Å². The Morgan fingerprint density at radius 1 is 1.67 bits per heavy atom. The fourth-order valence-electron chi connectivity index (χ4n) is 0.167. The molecule has 0 aromatic rings. The van der Waals surface area contributed by atoms with Gasteiger partial charge in [0.05, 0.1) is 6.10 Å². The molecule has 0 rings (SSSR count). The predicted octanol–water partition coefficient (Wildman–Crippen LogP) is 1.43. The fourth-order valence-corrected chi connectivity index (χ4v) is 0.167. The highest BCUT2D eigenvalue weighted by Gasteiger charge is 1.88. The van der Waals surface area contributed by atoms with Gasteiger partial charge in [-0.3, -0.25) is 0 Å². The van der Waals surface area contributed by atoms with Crippen molar-refractivity contribution in [2.75, 3.05) is 7.11 Å². The molecule has 0 saturated carbocycles. The Bertz CT molecular complexity index is 23.1. The monoisotopic (exact) mass is 88.1 g/mol. The van der Waals surface area contributed by atoms with Crippen LogP contribution in [-0.4, -0.2) is 13.2 Å². The molecule has 0 unspecified atom stereocenters. The maximum atomic E-state index is 4.90. The van der Waals surface area contributed by atoms with Gasteiger partial charge in [0.1, 0.15) is 0 Å². The lowest BCUT2D eigenvalue weighted by molar-refractivity contribution is 0.115. The maximum absolute atomic E-state index is 4.90. The van der Waals surface area contributed by atoms with E-state index in [-0.39, 0.29) is 0 Å². The Morgan fingerprint density at radius 2 is 2.17 bits per heavy atom. The van der Waals surface area contributed by atoms with Crippen LogP contribution in [0.2, 0.25) is 0 Å². The summed E-state index contributed by atoms with van der Waals surface area (Å²) in [7, 11) is 1.73. The lowest BCUT2D eigenvalue weighted by atomic mass is 10.3. The first kappa shape index (κ1) is 5.96. The minimum atomic E-state index is 0.435. The molecular weight excluding hydrogens is 76.1 g/mol. The molecule has 6 heavy (non-hydrogen) atoms. The summed E-state index contributed by atoms with van der Waals surface area (Å²) in [6, 6.07) is 0. The summed E-state index contributed by atoms with van der Waals surface area (Å²) in [4.78, 5) is 0. The molecule has 0 aliphatic rings. The van der Waals surface area contributed by atoms with Crippen molar-refractivity contribution in [3.8, 4) is 0 Å². The highest BCUT2D eigenvalue weighted by Crippen LogP contribution is 1.89. The minimum absolute atomic E-state index is 0.435. The van der Waals surface area contributed by atoms with Crippen molar-refractivity contribution in [2.45, 2.75) is 26.4 Å². The summed E-state index contributed by atoms with van der Waals surface area (Å²) in [5.41, 5.74) is 0. The highest BCUT2D eigenvalue weighted by molar-refractivity contribution is 4.38. The average molecular weight is 88.1 g/mol. The number of ether oxygens (including phenoxy) is 1. The van der Waals surface area contributed by atoms with E-state index in [0.717, 1.165) is 6.42 Å². The van der Waals surface area contributed by atoms with E-state index in [2.05, 4.69) is 13.8 Å². The Balaban J connectivity index is 2.75. The van der Waals surface area contributed by atoms with E-state index in [4.69, 9.17) is 4.74 Å². The van der Waals surface area contributed by atoms with E-state index in [1.165, 1.54) is 0 Å². The number of rotatable bonds is 2. The molecular formula is C5H12O. The third-order valence-electron chi connectivity index (χ3n) is 0.977. The molecule has 0 bridgehead atoms. The second-order valence-electron chi connectivity index (χ2n) is 1.45. The topological polar surface area (TPSA) is 9.23 Å². The van der Waals surface area contributed by atoms with Crippen molar-refractivity contribution in [1.29, 1.82) is 0 Å². The third-order valence-corrected chi connectivity index (χ3v) is 0.977. The van der Waals surface area contributed by atoms with Crippen LogP contribution < -0.4 is 0 Å². The van der Waals surface area contributed by atoms with Crippen LogP contribution in [0, 0.1) is 0 Å². The van der Waals surface area contributed by atoms with Gasteiger partial charge < -0.3 is 4.74 Å². The average Bonchev–Trinajstić information content (AvgIpc) is 1.65. The van der Waals surface area contributed by atoms with Gasteiger partial charge in [-0.05, 0) is 13.3 Å². The van der Waals surface area contributed by atoms with Crippen molar-refractivity contribution < 1.29 is 4.74 Å². The Labute approximate surface area is 39.3 Å². The van der Waals surface area contributed by atoms with Crippen LogP contribution >= 0.6 is 0 Å². The maximum Gasteiger partial charge on any atom is 0.0540 e. The first-order valence-electron chi connectivity index (χ1n) is 2.34. The largest absolute Gasteiger partial charge is 0.382 e. The van der Waals surface area contributed by atoms with Gasteiger partial charge in [0.15, 0.2) is 0 Å². The molecule has 0 radical (unpaired) electrons. The first-order chi connectivity index (χ1) is 2.81. The van der Waals surface area contributed by atoms with Crippen molar-refractivity contribution >= 4 is 0 Å². The zero-order valence-electron chi connectivity index (χ0n) is 4.69. The molecule has 0 spiro atoms. The van der Waals surface area contributed by atoms with Crippen molar-refractivity contribution in [3.63, 3.8) is 0 Å². The summed E-state index contributed by atoms with van der Waals surface area (Å²) in [6.07, 6.45) is 1.54. The smallest absolute Gasteiger partial charge is 0.0540 e. The Morgan fingerprint density at radius 3 is 2.17 bits per heavy atom. The molecule has 0 saturated heterocycles. The normalized spacial score (nSPS) is 14.5. The molecule has 0 fully saturated rings. The van der Waals surface area contributed by atoms with Gasteiger partial charge in [0, 0.05) is 7.11 Å². The van der Waals surface area contributed by atoms with Crippen LogP contribution in [0.15, 0.2) is 0 Å². The number of hydrogen-bond donors (Lipinski definition) is 0. The molecule has 0 aromatic heterocycles. The van der Waals surface area contributed by atoms with Crippen LogP contribution in [0.1, 0.15) is 20.3 Å². The molecule has 1 nitrogen and oxygen atoms in total. The fraction of sp³-hybridized carbons (Fsp3) is 1.00. The standard InChI is InChI=1S/C5H12O/c1-4-5(2)6-3/h5H,4H2,1-3H3/t5-/m1/s1. The Kier molecular flexibility index (Phi) is 3.14. The van der Waals surface area contributed by atoms with Gasteiger partial charge in [-0.15, -0.1) is 0 Å². The van der Waals surface area contributed by atoms with Gasteiger partial charge in [0.25, 0.3) is 0 Å². The number of methoxy groups -OCH3 is 1. The van der Waals surface area contributed by atoms with Gasteiger partial charge in [-0.2, -0.15) is 0 Å². The summed E-state index contributed by atoms with van der Waals surface area (Å²) in [5.74, 6) is 0. The van der Waals surface area contributed by atoms with Gasteiger partial charge in [0.2, 0.25) is 0 Å². The summed E-state index contributed by atoms with van der Waals surface area (Å²) in [5, 5.41) is 0. The SMILES string of the molecule is CC[C@@H](C)OC.